The van der Waals surface area contributed by atoms with E-state index < -0.39 is 10.0 Å². The number of aromatic amines is 1. The van der Waals surface area contributed by atoms with Crippen molar-refractivity contribution in [1.82, 2.24) is 19.4 Å². The first-order valence-corrected chi connectivity index (χ1v) is 11.0. The van der Waals surface area contributed by atoms with E-state index in [4.69, 9.17) is 4.74 Å². The summed E-state index contributed by atoms with van der Waals surface area (Å²) in [5.41, 5.74) is 1.88. The number of nitrogens with one attached hydrogen (secondary N) is 1. The van der Waals surface area contributed by atoms with E-state index in [0.29, 0.717) is 24.6 Å². The van der Waals surface area contributed by atoms with Gasteiger partial charge in [0.15, 0.2) is 0 Å². The molecule has 7 nitrogen and oxygen atoms in total. The first-order valence-electron chi connectivity index (χ1n) is 9.56. The molecule has 0 amide bonds. The third-order valence-electron chi connectivity index (χ3n) is 5.30. The number of rotatable bonds is 5. The Hall–Kier alpha value is -1.74. The van der Waals surface area contributed by atoms with Gasteiger partial charge in [-0.05, 0) is 50.0 Å². The minimum atomic E-state index is -3.53. The van der Waals surface area contributed by atoms with E-state index in [1.54, 1.807) is 28.8 Å². The number of ether oxygens (including phenoxy) is 1. The van der Waals surface area contributed by atoms with Gasteiger partial charge in [0, 0.05) is 38.0 Å². The SMILES string of the molecule is O=S(=O)(c1ccc(-c2cn[nH]c2)cc1)N1CCCOC(CN2CCCC2)C1. The van der Waals surface area contributed by atoms with Crippen LogP contribution in [0.5, 0.6) is 0 Å². The van der Waals surface area contributed by atoms with E-state index >= 15 is 0 Å². The first-order chi connectivity index (χ1) is 13.1. The molecule has 8 heteroatoms. The largest absolute Gasteiger partial charge is 0.375 e. The minimum Gasteiger partial charge on any atom is -0.375 e. The van der Waals surface area contributed by atoms with Crippen molar-refractivity contribution in [2.24, 2.45) is 0 Å². The molecule has 4 rings (SSSR count). The lowest BCUT2D eigenvalue weighted by molar-refractivity contribution is 0.0382. The Labute approximate surface area is 160 Å². The van der Waals surface area contributed by atoms with Crippen LogP contribution in [0.3, 0.4) is 0 Å². The summed E-state index contributed by atoms with van der Waals surface area (Å²) < 4.78 is 33.8. The van der Waals surface area contributed by atoms with E-state index in [1.807, 2.05) is 12.1 Å². The van der Waals surface area contributed by atoms with Crippen LogP contribution in [0.15, 0.2) is 41.6 Å². The van der Waals surface area contributed by atoms with Gasteiger partial charge in [0.1, 0.15) is 0 Å². The summed E-state index contributed by atoms with van der Waals surface area (Å²) in [7, 11) is -3.53. The van der Waals surface area contributed by atoms with Crippen molar-refractivity contribution < 1.29 is 13.2 Å². The summed E-state index contributed by atoms with van der Waals surface area (Å²) in [4.78, 5) is 2.71. The molecule has 0 aliphatic carbocycles. The molecular weight excluding hydrogens is 364 g/mol. The van der Waals surface area contributed by atoms with Crippen molar-refractivity contribution in [3.63, 3.8) is 0 Å². The molecule has 2 aliphatic rings. The van der Waals surface area contributed by atoms with E-state index in [0.717, 1.165) is 37.2 Å². The highest BCUT2D eigenvalue weighted by molar-refractivity contribution is 7.89. The number of hydrogen-bond acceptors (Lipinski definition) is 5. The maximum atomic E-state index is 13.2. The molecule has 1 unspecified atom stereocenters. The molecule has 1 aromatic heterocycles. The molecule has 146 valence electrons. The van der Waals surface area contributed by atoms with Crippen molar-refractivity contribution >= 4 is 10.0 Å². The fraction of sp³-hybridized carbons (Fsp3) is 0.526. The summed E-state index contributed by atoms with van der Waals surface area (Å²) in [6, 6.07) is 7.01. The summed E-state index contributed by atoms with van der Waals surface area (Å²) in [5, 5.41) is 6.71. The van der Waals surface area contributed by atoms with Crippen LogP contribution in [0, 0.1) is 0 Å². The molecule has 0 saturated carbocycles. The molecule has 27 heavy (non-hydrogen) atoms. The summed E-state index contributed by atoms with van der Waals surface area (Å²) in [6.45, 7) is 4.52. The van der Waals surface area contributed by atoms with Crippen LogP contribution in [0.25, 0.3) is 11.1 Å². The number of sulfonamides is 1. The molecule has 0 bridgehead atoms. The average Bonchev–Trinajstić information content (AvgIpc) is 3.33. The quantitative estimate of drug-likeness (QED) is 0.844. The smallest absolute Gasteiger partial charge is 0.243 e. The Morgan fingerprint density at radius 2 is 1.85 bits per heavy atom. The van der Waals surface area contributed by atoms with Gasteiger partial charge in [-0.3, -0.25) is 5.10 Å². The van der Waals surface area contributed by atoms with Crippen LogP contribution < -0.4 is 0 Å². The van der Waals surface area contributed by atoms with Gasteiger partial charge in [-0.15, -0.1) is 0 Å². The van der Waals surface area contributed by atoms with E-state index in [1.165, 1.54) is 12.8 Å². The Bertz CT molecular complexity index is 830. The van der Waals surface area contributed by atoms with Crippen molar-refractivity contribution in [3.05, 3.63) is 36.7 Å². The molecule has 0 spiro atoms. The highest BCUT2D eigenvalue weighted by Gasteiger charge is 2.30. The molecule has 0 radical (unpaired) electrons. The van der Waals surface area contributed by atoms with Crippen LogP contribution in [0.4, 0.5) is 0 Å². The van der Waals surface area contributed by atoms with Gasteiger partial charge >= 0.3 is 0 Å². The molecule has 1 atom stereocenters. The van der Waals surface area contributed by atoms with Gasteiger partial charge in [0.25, 0.3) is 0 Å². The fourth-order valence-corrected chi connectivity index (χ4v) is 5.33. The van der Waals surface area contributed by atoms with Crippen LogP contribution in [0.1, 0.15) is 19.3 Å². The monoisotopic (exact) mass is 390 g/mol. The maximum absolute atomic E-state index is 13.2. The predicted molar refractivity (Wildman–Crippen MR) is 103 cm³/mol. The van der Waals surface area contributed by atoms with Crippen molar-refractivity contribution in [2.45, 2.75) is 30.3 Å². The zero-order chi connectivity index (χ0) is 18.7. The number of hydrogen-bond donors (Lipinski definition) is 1. The summed E-state index contributed by atoms with van der Waals surface area (Å²) >= 11 is 0. The van der Waals surface area contributed by atoms with Gasteiger partial charge in [-0.25, -0.2) is 8.42 Å². The molecule has 1 aromatic carbocycles. The second-order valence-corrected chi connectivity index (χ2v) is 9.17. The van der Waals surface area contributed by atoms with E-state index in [-0.39, 0.29) is 6.10 Å². The predicted octanol–water partition coefficient (Wildman–Crippen LogP) is 1.95. The third-order valence-corrected chi connectivity index (χ3v) is 7.18. The van der Waals surface area contributed by atoms with Crippen molar-refractivity contribution in [1.29, 1.82) is 0 Å². The lowest BCUT2D eigenvalue weighted by Crippen LogP contribution is -2.41. The highest BCUT2D eigenvalue weighted by Crippen LogP contribution is 2.24. The third kappa shape index (κ3) is 4.24. The highest BCUT2D eigenvalue weighted by atomic mass is 32.2. The topological polar surface area (TPSA) is 78.5 Å². The molecular formula is C19H26N4O3S. The lowest BCUT2D eigenvalue weighted by atomic mass is 10.1. The average molecular weight is 391 g/mol. The Morgan fingerprint density at radius 3 is 2.56 bits per heavy atom. The van der Waals surface area contributed by atoms with Crippen LogP contribution in [0.2, 0.25) is 0 Å². The Morgan fingerprint density at radius 1 is 1.07 bits per heavy atom. The standard InChI is InChI=1S/C19H26N4O3S/c24-27(25,19-6-4-16(5-7-19)17-12-20-21-13-17)23-10-3-11-26-18(15-23)14-22-8-1-2-9-22/h4-7,12-13,18H,1-3,8-11,14-15H2,(H,20,21). The summed E-state index contributed by atoms with van der Waals surface area (Å²) in [6.07, 6.45) is 6.61. The molecule has 2 aliphatic heterocycles. The lowest BCUT2D eigenvalue weighted by Gasteiger charge is -2.26. The minimum absolute atomic E-state index is 0.0643. The number of benzene rings is 1. The van der Waals surface area contributed by atoms with Crippen LogP contribution >= 0.6 is 0 Å². The molecule has 2 fully saturated rings. The van der Waals surface area contributed by atoms with Gasteiger partial charge in [-0.1, -0.05) is 12.1 Å². The molecule has 1 N–H and O–H groups in total. The number of aromatic nitrogens is 2. The number of nitrogens with zero attached hydrogens (tertiary/aromatic N) is 3. The van der Waals surface area contributed by atoms with E-state index in [9.17, 15) is 8.42 Å². The van der Waals surface area contributed by atoms with Crippen molar-refractivity contribution in [2.75, 3.05) is 39.3 Å². The van der Waals surface area contributed by atoms with Gasteiger partial charge in [0.2, 0.25) is 10.0 Å². The Balaban J connectivity index is 1.49. The maximum Gasteiger partial charge on any atom is 0.243 e. The number of likely N-dealkylation sites (tertiary alicyclic amines) is 1. The van der Waals surface area contributed by atoms with Gasteiger partial charge in [-0.2, -0.15) is 9.40 Å². The van der Waals surface area contributed by atoms with Gasteiger partial charge < -0.3 is 9.64 Å². The van der Waals surface area contributed by atoms with E-state index in [2.05, 4.69) is 15.1 Å². The molecule has 2 aromatic rings. The second kappa shape index (κ2) is 8.10. The summed E-state index contributed by atoms with van der Waals surface area (Å²) in [5.74, 6) is 0. The van der Waals surface area contributed by atoms with Crippen LogP contribution in [-0.4, -0.2) is 73.3 Å². The second-order valence-electron chi connectivity index (χ2n) is 7.23. The zero-order valence-corrected chi connectivity index (χ0v) is 16.2. The zero-order valence-electron chi connectivity index (χ0n) is 15.4. The van der Waals surface area contributed by atoms with Crippen LogP contribution in [-0.2, 0) is 14.8 Å². The van der Waals surface area contributed by atoms with Gasteiger partial charge in [0.05, 0.1) is 17.2 Å². The first kappa shape index (κ1) is 18.6. The normalized spacial score (nSPS) is 22.7. The molecule has 2 saturated heterocycles. The Kier molecular flexibility index (Phi) is 5.58. The fourth-order valence-electron chi connectivity index (χ4n) is 3.82. The number of H-pyrrole nitrogens is 1. The van der Waals surface area contributed by atoms with Crippen molar-refractivity contribution in [3.8, 4) is 11.1 Å². The molecule has 3 heterocycles.